The smallest absolute Gasteiger partial charge is 0.408 e. The number of nitrogens with zero attached hydrogens (tertiary/aromatic N) is 5. The molecule has 0 saturated heterocycles. The topological polar surface area (TPSA) is 114 Å². The number of amides is 1. The van der Waals surface area contributed by atoms with E-state index in [0.29, 0.717) is 5.56 Å². The minimum Gasteiger partial charge on any atom is -0.465 e. The third kappa shape index (κ3) is 4.55. The molecule has 2 heterocycles. The Bertz CT molecular complexity index is 923. The van der Waals surface area contributed by atoms with Crippen LogP contribution < -0.4 is 0 Å². The predicted octanol–water partition coefficient (Wildman–Crippen LogP) is 4.64. The molecular formula is C18H21F2N5O4. The highest BCUT2D eigenvalue weighted by atomic mass is 19.3. The Labute approximate surface area is 165 Å². The van der Waals surface area contributed by atoms with Crippen molar-refractivity contribution in [1.82, 2.24) is 19.7 Å². The average molecular weight is 409 g/mol. The molecule has 0 fully saturated rings. The van der Waals surface area contributed by atoms with Crippen LogP contribution in [0.25, 0.3) is 11.3 Å². The largest absolute Gasteiger partial charge is 0.465 e. The normalized spacial score (nSPS) is 12.6. The lowest BCUT2D eigenvalue weighted by Gasteiger charge is -2.39. The molecule has 2 rings (SSSR count). The number of aromatic nitrogens is 3. The third-order valence-corrected chi connectivity index (χ3v) is 4.21. The summed E-state index contributed by atoms with van der Waals surface area (Å²) >= 11 is 0. The van der Waals surface area contributed by atoms with Crippen LogP contribution in [0.4, 0.5) is 19.3 Å². The van der Waals surface area contributed by atoms with Gasteiger partial charge >= 0.3 is 18.3 Å². The quantitative estimate of drug-likeness (QED) is 0.405. The highest BCUT2D eigenvalue weighted by Crippen LogP contribution is 2.36. The van der Waals surface area contributed by atoms with Crippen molar-refractivity contribution in [3.05, 3.63) is 53.0 Å². The van der Waals surface area contributed by atoms with Crippen molar-refractivity contribution >= 4 is 11.8 Å². The van der Waals surface area contributed by atoms with E-state index in [4.69, 9.17) is 0 Å². The molecule has 0 bridgehead atoms. The molecule has 156 valence electrons. The summed E-state index contributed by atoms with van der Waals surface area (Å²) in [5.74, 6) is 0. The molecule has 0 radical (unpaired) electrons. The van der Waals surface area contributed by atoms with E-state index in [1.807, 2.05) is 0 Å². The van der Waals surface area contributed by atoms with Gasteiger partial charge in [-0.25, -0.2) is 4.79 Å². The Morgan fingerprint density at radius 1 is 1.41 bits per heavy atom. The second-order valence-electron chi connectivity index (χ2n) is 7.23. The van der Waals surface area contributed by atoms with Crippen LogP contribution >= 0.6 is 0 Å². The molecule has 11 heteroatoms. The molecule has 9 nitrogen and oxygen atoms in total. The van der Waals surface area contributed by atoms with Gasteiger partial charge in [0.1, 0.15) is 6.20 Å². The summed E-state index contributed by atoms with van der Waals surface area (Å²) in [6, 6.07) is 0.686. The molecule has 0 saturated carbocycles. The highest BCUT2D eigenvalue weighted by molar-refractivity contribution is 5.70. The molecule has 0 aliphatic carbocycles. The predicted molar refractivity (Wildman–Crippen MR) is 101 cm³/mol. The van der Waals surface area contributed by atoms with E-state index in [1.165, 1.54) is 29.4 Å². The lowest BCUT2D eigenvalue weighted by Crippen LogP contribution is -2.47. The van der Waals surface area contributed by atoms with Crippen molar-refractivity contribution in [3.63, 3.8) is 0 Å². The summed E-state index contributed by atoms with van der Waals surface area (Å²) in [7, 11) is 0. The molecule has 1 N–H and O–H groups in total. The van der Waals surface area contributed by atoms with E-state index < -0.39 is 40.5 Å². The van der Waals surface area contributed by atoms with Gasteiger partial charge in [0.05, 0.1) is 11.0 Å². The van der Waals surface area contributed by atoms with Crippen molar-refractivity contribution in [2.45, 2.75) is 45.3 Å². The first-order chi connectivity index (χ1) is 13.5. The van der Waals surface area contributed by atoms with Crippen LogP contribution in [0.2, 0.25) is 0 Å². The maximum Gasteiger partial charge on any atom is 0.408 e. The Balaban J connectivity index is 2.66. The second kappa shape index (κ2) is 8.33. The Hall–Kier alpha value is -3.37. The summed E-state index contributed by atoms with van der Waals surface area (Å²) in [6.45, 7) is 5.69. The van der Waals surface area contributed by atoms with Gasteiger partial charge in [-0.15, -0.1) is 6.58 Å². The fourth-order valence-corrected chi connectivity index (χ4v) is 3.12. The number of nitro groups is 1. The Kier molecular flexibility index (Phi) is 6.30. The first-order valence-electron chi connectivity index (χ1n) is 8.57. The molecule has 2 aromatic rings. The van der Waals surface area contributed by atoms with Gasteiger partial charge in [-0.1, -0.05) is 6.08 Å². The SMILES string of the molecule is C=CCC(c1cncc(-c2c([N+](=O)[O-])cnn2C(F)F)c1)N(C(=O)O)C(C)(C)C. The van der Waals surface area contributed by atoms with Gasteiger partial charge in [0, 0.05) is 23.5 Å². The Morgan fingerprint density at radius 2 is 2.07 bits per heavy atom. The van der Waals surface area contributed by atoms with Gasteiger partial charge in [0.25, 0.3) is 0 Å². The molecule has 0 aromatic carbocycles. The van der Waals surface area contributed by atoms with Crippen LogP contribution in [0.15, 0.2) is 37.3 Å². The van der Waals surface area contributed by atoms with Gasteiger partial charge in [0.15, 0.2) is 5.69 Å². The summed E-state index contributed by atoms with van der Waals surface area (Å²) in [5, 5.41) is 24.4. The minimum atomic E-state index is -3.10. The van der Waals surface area contributed by atoms with E-state index >= 15 is 0 Å². The van der Waals surface area contributed by atoms with Crippen LogP contribution in [-0.4, -0.2) is 41.3 Å². The molecule has 1 atom stereocenters. The van der Waals surface area contributed by atoms with Gasteiger partial charge < -0.3 is 5.11 Å². The van der Waals surface area contributed by atoms with E-state index in [9.17, 15) is 28.8 Å². The lowest BCUT2D eigenvalue weighted by molar-refractivity contribution is -0.384. The first kappa shape index (κ1) is 21.9. The highest BCUT2D eigenvalue weighted by Gasteiger charge is 2.34. The van der Waals surface area contributed by atoms with E-state index in [2.05, 4.69) is 16.7 Å². The van der Waals surface area contributed by atoms with Crippen molar-refractivity contribution in [2.75, 3.05) is 0 Å². The molecule has 0 aliphatic rings. The number of carbonyl (C=O) groups is 1. The fraction of sp³-hybridized carbons (Fsp3) is 0.389. The number of alkyl halides is 2. The van der Waals surface area contributed by atoms with Crippen molar-refractivity contribution < 1.29 is 23.6 Å². The van der Waals surface area contributed by atoms with E-state index in [-0.39, 0.29) is 16.7 Å². The molecule has 0 spiro atoms. The summed E-state index contributed by atoms with van der Waals surface area (Å²) in [6.07, 6.45) is 3.91. The average Bonchev–Trinajstić information content (AvgIpc) is 3.05. The van der Waals surface area contributed by atoms with Crippen molar-refractivity contribution in [3.8, 4) is 11.3 Å². The zero-order chi connectivity index (χ0) is 21.9. The van der Waals surface area contributed by atoms with Gasteiger partial charge in [-0.05, 0) is 38.8 Å². The summed E-state index contributed by atoms with van der Waals surface area (Å²) in [5.41, 5.74) is -1.38. The maximum absolute atomic E-state index is 13.3. The summed E-state index contributed by atoms with van der Waals surface area (Å²) in [4.78, 5) is 27.6. The number of rotatable bonds is 7. The lowest BCUT2D eigenvalue weighted by atomic mass is 9.96. The van der Waals surface area contributed by atoms with Crippen LogP contribution in [-0.2, 0) is 0 Å². The number of pyridine rings is 1. The monoisotopic (exact) mass is 409 g/mol. The minimum absolute atomic E-state index is 0.0281. The molecule has 0 aliphatic heterocycles. The van der Waals surface area contributed by atoms with Crippen molar-refractivity contribution in [1.29, 1.82) is 0 Å². The first-order valence-corrected chi connectivity index (χ1v) is 8.57. The standard InChI is InChI=1S/C18H21F2N5O4/c1-5-6-13(23(17(26)27)18(2,3)4)11-7-12(9-21-8-11)15-14(25(28)29)10-22-24(15)16(19)20/h5,7-10,13,16H,1,6H2,2-4H3,(H,26,27). The molecule has 1 unspecified atom stereocenters. The molecule has 2 aromatic heterocycles. The van der Waals surface area contributed by atoms with Crippen molar-refractivity contribution in [2.24, 2.45) is 0 Å². The zero-order valence-corrected chi connectivity index (χ0v) is 16.1. The summed E-state index contributed by atoms with van der Waals surface area (Å²) < 4.78 is 26.9. The zero-order valence-electron chi connectivity index (χ0n) is 16.1. The second-order valence-corrected chi connectivity index (χ2v) is 7.23. The number of hydrogen-bond donors (Lipinski definition) is 1. The maximum atomic E-state index is 13.3. The van der Waals surface area contributed by atoms with Crippen LogP contribution in [0.3, 0.4) is 0 Å². The fourth-order valence-electron chi connectivity index (χ4n) is 3.12. The molecule has 29 heavy (non-hydrogen) atoms. The van der Waals surface area contributed by atoms with Crippen LogP contribution in [0.5, 0.6) is 0 Å². The van der Waals surface area contributed by atoms with E-state index in [1.54, 1.807) is 20.8 Å². The number of carboxylic acid groups (broad SMARTS) is 1. The van der Waals surface area contributed by atoms with Crippen LogP contribution in [0, 0.1) is 10.1 Å². The Morgan fingerprint density at radius 3 is 2.55 bits per heavy atom. The molecule has 1 amide bonds. The number of hydrogen-bond acceptors (Lipinski definition) is 5. The van der Waals surface area contributed by atoms with Gasteiger partial charge in [0.2, 0.25) is 0 Å². The molecular weight excluding hydrogens is 388 g/mol. The van der Waals surface area contributed by atoms with Gasteiger partial charge in [-0.3, -0.25) is 20.0 Å². The number of halogens is 2. The van der Waals surface area contributed by atoms with Gasteiger partial charge in [-0.2, -0.15) is 18.6 Å². The third-order valence-electron chi connectivity index (χ3n) is 4.21. The van der Waals surface area contributed by atoms with Crippen LogP contribution in [0.1, 0.15) is 45.3 Å². The van der Waals surface area contributed by atoms with E-state index in [0.717, 1.165) is 6.20 Å².